The topological polar surface area (TPSA) is 54.9 Å². The molecule has 0 spiro atoms. The molecule has 24 heavy (non-hydrogen) atoms. The number of nitrogens with one attached hydrogen (secondary N) is 2. The van der Waals surface area contributed by atoms with Crippen LogP contribution in [0.4, 0.5) is 0 Å². The van der Waals surface area contributed by atoms with Gasteiger partial charge in [0.2, 0.25) is 0 Å². The van der Waals surface area contributed by atoms with E-state index < -0.39 is 0 Å². The normalized spacial score (nSPS) is 12.9. The molecule has 136 valence electrons. The van der Waals surface area contributed by atoms with Crippen LogP contribution in [0.2, 0.25) is 0 Å². The average Bonchev–Trinajstić information content (AvgIpc) is 2.61. The molecule has 0 aromatic heterocycles. The Bertz CT molecular complexity index is 437. The van der Waals surface area contributed by atoms with Crippen molar-refractivity contribution in [1.29, 1.82) is 0 Å². The van der Waals surface area contributed by atoms with Crippen LogP contribution in [-0.2, 0) is 16.1 Å². The third-order valence-corrected chi connectivity index (χ3v) is 3.57. The lowest BCUT2D eigenvalue weighted by Gasteiger charge is -2.16. The molecule has 1 rings (SSSR count). The van der Waals surface area contributed by atoms with Crippen molar-refractivity contribution in [3.8, 4) is 0 Å². The largest absolute Gasteiger partial charge is 0.382 e. The molecule has 0 heterocycles. The molecular formula is C19H33N3O2. The van der Waals surface area contributed by atoms with Gasteiger partial charge in [-0.2, -0.15) is 0 Å². The second-order valence-electron chi connectivity index (χ2n) is 5.89. The Labute approximate surface area is 146 Å². The summed E-state index contributed by atoms with van der Waals surface area (Å²) in [5, 5.41) is 6.67. The van der Waals surface area contributed by atoms with Gasteiger partial charge in [-0.1, -0.05) is 37.3 Å². The highest BCUT2D eigenvalue weighted by Crippen LogP contribution is 2.02. The molecule has 0 fully saturated rings. The zero-order chi connectivity index (χ0) is 17.5. The fourth-order valence-corrected chi connectivity index (χ4v) is 2.18. The van der Waals surface area contributed by atoms with Gasteiger partial charge in [0.1, 0.15) is 0 Å². The molecule has 1 atom stereocenters. The molecule has 1 aromatic carbocycles. The summed E-state index contributed by atoms with van der Waals surface area (Å²) in [6.45, 7) is 8.97. The number of nitrogens with zero attached hydrogens (tertiary/aromatic N) is 1. The second-order valence-corrected chi connectivity index (χ2v) is 5.89. The van der Waals surface area contributed by atoms with Crippen molar-refractivity contribution in [2.75, 3.05) is 40.0 Å². The zero-order valence-corrected chi connectivity index (χ0v) is 15.4. The van der Waals surface area contributed by atoms with Crippen LogP contribution in [0.3, 0.4) is 0 Å². The summed E-state index contributed by atoms with van der Waals surface area (Å²) in [4.78, 5) is 4.24. The Morgan fingerprint density at radius 1 is 1.12 bits per heavy atom. The third-order valence-electron chi connectivity index (χ3n) is 3.57. The molecule has 1 unspecified atom stereocenters. The Kier molecular flexibility index (Phi) is 11.8. The number of unbranched alkanes of at least 4 members (excludes halogenated alkanes) is 1. The summed E-state index contributed by atoms with van der Waals surface area (Å²) in [7, 11) is 1.80. The number of hydrogen-bond donors (Lipinski definition) is 2. The minimum atomic E-state index is 0.421. The van der Waals surface area contributed by atoms with E-state index in [0.717, 1.165) is 51.7 Å². The average molecular weight is 335 g/mol. The lowest BCUT2D eigenvalue weighted by atomic mass is 10.2. The summed E-state index contributed by atoms with van der Waals surface area (Å²) in [5.41, 5.74) is 1.21. The van der Waals surface area contributed by atoms with E-state index in [0.29, 0.717) is 12.5 Å². The van der Waals surface area contributed by atoms with E-state index in [1.54, 1.807) is 7.05 Å². The molecule has 0 radical (unpaired) electrons. The van der Waals surface area contributed by atoms with Crippen LogP contribution in [0.25, 0.3) is 0 Å². The maximum absolute atomic E-state index is 5.77. The number of aliphatic imine (C=N–C) groups is 1. The van der Waals surface area contributed by atoms with Gasteiger partial charge in [-0.3, -0.25) is 4.99 Å². The standard InChI is InChI=1S/C19H33N3O2/c1-4-23-13-9-8-12-21-19(20-3)22-14-17(2)15-24-16-18-10-6-5-7-11-18/h5-7,10-11,17H,4,8-9,12-16H2,1-3H3,(H2,20,21,22). The maximum Gasteiger partial charge on any atom is 0.190 e. The quantitative estimate of drug-likeness (QED) is 0.350. The summed E-state index contributed by atoms with van der Waals surface area (Å²) in [5.74, 6) is 1.27. The first-order chi connectivity index (χ1) is 11.8. The molecule has 0 saturated carbocycles. The SMILES string of the molecule is CCOCCCCNC(=NC)NCC(C)COCc1ccccc1. The first kappa shape index (κ1) is 20.5. The van der Waals surface area contributed by atoms with Gasteiger partial charge in [-0.25, -0.2) is 0 Å². The highest BCUT2D eigenvalue weighted by Gasteiger charge is 2.04. The predicted octanol–water partition coefficient (Wildman–Crippen LogP) is 2.82. The van der Waals surface area contributed by atoms with Crippen LogP contribution in [0.15, 0.2) is 35.3 Å². The van der Waals surface area contributed by atoms with Crippen LogP contribution in [0.5, 0.6) is 0 Å². The molecule has 0 aliphatic rings. The Hall–Kier alpha value is -1.59. The van der Waals surface area contributed by atoms with Crippen LogP contribution < -0.4 is 10.6 Å². The smallest absolute Gasteiger partial charge is 0.190 e. The Morgan fingerprint density at radius 3 is 2.62 bits per heavy atom. The van der Waals surface area contributed by atoms with E-state index in [1.165, 1.54) is 5.56 Å². The van der Waals surface area contributed by atoms with Crippen molar-refractivity contribution < 1.29 is 9.47 Å². The van der Waals surface area contributed by atoms with Crippen molar-refractivity contribution in [2.24, 2.45) is 10.9 Å². The molecular weight excluding hydrogens is 302 g/mol. The van der Waals surface area contributed by atoms with E-state index in [1.807, 2.05) is 25.1 Å². The molecule has 0 aliphatic carbocycles. The number of hydrogen-bond acceptors (Lipinski definition) is 3. The van der Waals surface area contributed by atoms with Crippen molar-refractivity contribution in [1.82, 2.24) is 10.6 Å². The molecule has 1 aromatic rings. The van der Waals surface area contributed by atoms with Gasteiger partial charge in [0, 0.05) is 33.4 Å². The highest BCUT2D eigenvalue weighted by molar-refractivity contribution is 5.79. The van der Waals surface area contributed by atoms with Crippen molar-refractivity contribution in [3.63, 3.8) is 0 Å². The minimum absolute atomic E-state index is 0.421. The van der Waals surface area contributed by atoms with E-state index in [9.17, 15) is 0 Å². The van der Waals surface area contributed by atoms with Crippen molar-refractivity contribution >= 4 is 5.96 Å². The van der Waals surface area contributed by atoms with Gasteiger partial charge in [0.05, 0.1) is 13.2 Å². The van der Waals surface area contributed by atoms with Gasteiger partial charge >= 0.3 is 0 Å². The zero-order valence-electron chi connectivity index (χ0n) is 15.4. The Balaban J connectivity index is 2.07. The highest BCUT2D eigenvalue weighted by atomic mass is 16.5. The summed E-state index contributed by atoms with van der Waals surface area (Å²) < 4.78 is 11.1. The van der Waals surface area contributed by atoms with Gasteiger partial charge < -0.3 is 20.1 Å². The lowest BCUT2D eigenvalue weighted by Crippen LogP contribution is -2.40. The van der Waals surface area contributed by atoms with Gasteiger partial charge in [-0.05, 0) is 31.2 Å². The van der Waals surface area contributed by atoms with Gasteiger partial charge in [0.15, 0.2) is 5.96 Å². The van der Waals surface area contributed by atoms with Crippen molar-refractivity contribution in [2.45, 2.75) is 33.3 Å². The molecule has 2 N–H and O–H groups in total. The fraction of sp³-hybridized carbons (Fsp3) is 0.632. The predicted molar refractivity (Wildman–Crippen MR) is 100 cm³/mol. The molecule has 0 aliphatic heterocycles. The van der Waals surface area contributed by atoms with Gasteiger partial charge in [0.25, 0.3) is 0 Å². The fourth-order valence-electron chi connectivity index (χ4n) is 2.18. The lowest BCUT2D eigenvalue weighted by molar-refractivity contribution is 0.0931. The molecule has 0 saturated heterocycles. The van der Waals surface area contributed by atoms with Crippen molar-refractivity contribution in [3.05, 3.63) is 35.9 Å². The summed E-state index contributed by atoms with van der Waals surface area (Å²) in [6.07, 6.45) is 2.15. The van der Waals surface area contributed by atoms with Crippen LogP contribution >= 0.6 is 0 Å². The number of guanidine groups is 1. The van der Waals surface area contributed by atoms with E-state index in [2.05, 4.69) is 34.7 Å². The Morgan fingerprint density at radius 2 is 1.92 bits per heavy atom. The van der Waals surface area contributed by atoms with Crippen LogP contribution in [0, 0.1) is 5.92 Å². The monoisotopic (exact) mass is 335 g/mol. The number of rotatable bonds is 12. The third kappa shape index (κ3) is 10.2. The minimum Gasteiger partial charge on any atom is -0.382 e. The van der Waals surface area contributed by atoms with E-state index in [4.69, 9.17) is 9.47 Å². The molecule has 5 heteroatoms. The summed E-state index contributed by atoms with van der Waals surface area (Å²) >= 11 is 0. The number of ether oxygens (including phenoxy) is 2. The van der Waals surface area contributed by atoms with E-state index in [-0.39, 0.29) is 0 Å². The molecule has 0 bridgehead atoms. The summed E-state index contributed by atoms with van der Waals surface area (Å²) in [6, 6.07) is 10.3. The second kappa shape index (κ2) is 13.8. The van der Waals surface area contributed by atoms with Crippen LogP contribution in [0.1, 0.15) is 32.3 Å². The van der Waals surface area contributed by atoms with Gasteiger partial charge in [-0.15, -0.1) is 0 Å². The number of benzene rings is 1. The molecule has 0 amide bonds. The first-order valence-corrected chi connectivity index (χ1v) is 8.90. The van der Waals surface area contributed by atoms with E-state index >= 15 is 0 Å². The maximum atomic E-state index is 5.77. The molecule has 5 nitrogen and oxygen atoms in total. The van der Waals surface area contributed by atoms with Crippen LogP contribution in [-0.4, -0.2) is 45.9 Å². The first-order valence-electron chi connectivity index (χ1n) is 8.90.